The second-order valence-corrected chi connectivity index (χ2v) is 8.32. The van der Waals surface area contributed by atoms with Crippen LogP contribution in [0.15, 0.2) is 41.2 Å². The number of fused-ring (bicyclic) bond motifs is 2. The molecule has 1 aliphatic heterocycles. The van der Waals surface area contributed by atoms with Crippen LogP contribution < -0.4 is 10.9 Å². The summed E-state index contributed by atoms with van der Waals surface area (Å²) >= 11 is 6.06. The van der Waals surface area contributed by atoms with Gasteiger partial charge in [0.15, 0.2) is 6.61 Å². The van der Waals surface area contributed by atoms with Gasteiger partial charge in [0.05, 0.1) is 16.5 Å². The molecule has 7 nitrogen and oxygen atoms in total. The topological polar surface area (TPSA) is 90.3 Å². The number of benzene rings is 2. The van der Waals surface area contributed by atoms with Crippen molar-refractivity contribution >= 4 is 40.1 Å². The molecule has 32 heavy (non-hydrogen) atoms. The molecule has 1 aliphatic rings. The Labute approximate surface area is 190 Å². The number of nitrogens with one attached hydrogen (secondary N) is 1. The van der Waals surface area contributed by atoms with Crippen LogP contribution in [0.5, 0.6) is 0 Å². The molecule has 0 saturated heterocycles. The highest BCUT2D eigenvalue weighted by atomic mass is 35.5. The summed E-state index contributed by atoms with van der Waals surface area (Å²) in [6, 6.07) is 9.86. The van der Waals surface area contributed by atoms with Gasteiger partial charge >= 0.3 is 5.97 Å². The Morgan fingerprint density at radius 1 is 1.16 bits per heavy atom. The van der Waals surface area contributed by atoms with Gasteiger partial charge in [-0.25, -0.2) is 9.78 Å². The van der Waals surface area contributed by atoms with Gasteiger partial charge in [-0.05, 0) is 55.7 Å². The minimum atomic E-state index is -0.654. The number of hydrogen-bond donors (Lipinski definition) is 1. The highest BCUT2D eigenvalue weighted by Crippen LogP contribution is 2.23. The first-order valence-corrected chi connectivity index (χ1v) is 11.1. The van der Waals surface area contributed by atoms with Gasteiger partial charge < -0.3 is 10.1 Å². The molecule has 2 heterocycles. The van der Waals surface area contributed by atoms with E-state index in [2.05, 4.69) is 10.3 Å². The van der Waals surface area contributed by atoms with Gasteiger partial charge in [-0.1, -0.05) is 30.5 Å². The lowest BCUT2D eigenvalue weighted by Gasteiger charge is -2.16. The van der Waals surface area contributed by atoms with E-state index in [-0.39, 0.29) is 11.1 Å². The lowest BCUT2D eigenvalue weighted by atomic mass is 10.1. The zero-order chi connectivity index (χ0) is 22.7. The van der Waals surface area contributed by atoms with E-state index in [0.29, 0.717) is 28.2 Å². The normalized spacial score (nSPS) is 13.7. The summed E-state index contributed by atoms with van der Waals surface area (Å²) in [5.41, 5.74) is 1.92. The second-order valence-electron chi connectivity index (χ2n) is 7.92. The molecule has 0 saturated carbocycles. The fourth-order valence-electron chi connectivity index (χ4n) is 3.87. The van der Waals surface area contributed by atoms with E-state index in [1.165, 1.54) is 6.07 Å². The summed E-state index contributed by atoms with van der Waals surface area (Å²) in [6.45, 7) is 2.02. The monoisotopic (exact) mass is 453 g/mol. The average Bonchev–Trinajstić information content (AvgIpc) is 2.76. The van der Waals surface area contributed by atoms with Gasteiger partial charge in [0.25, 0.3) is 11.5 Å². The highest BCUT2D eigenvalue weighted by molar-refractivity contribution is 6.31. The van der Waals surface area contributed by atoms with Crippen LogP contribution in [0.4, 0.5) is 5.69 Å². The van der Waals surface area contributed by atoms with Crippen LogP contribution in [0.25, 0.3) is 10.9 Å². The number of hydrogen-bond acceptors (Lipinski definition) is 5. The van der Waals surface area contributed by atoms with Crippen LogP contribution in [0.2, 0.25) is 5.02 Å². The van der Waals surface area contributed by atoms with Gasteiger partial charge in [-0.2, -0.15) is 0 Å². The standard InChI is InChI=1S/C24H24ClN3O4/c1-15-18(25)7-6-8-19(15)27-22(29)14-32-24(31)16-10-11-17-20(13-16)26-21-9-4-2-3-5-12-28(21)23(17)30/h6-8,10-11,13H,2-5,9,12,14H2,1H3,(H,27,29). The lowest BCUT2D eigenvalue weighted by molar-refractivity contribution is -0.119. The van der Waals surface area contributed by atoms with Gasteiger partial charge in [-0.15, -0.1) is 0 Å². The predicted octanol–water partition coefficient (Wildman–Crippen LogP) is 4.27. The molecule has 166 valence electrons. The number of aryl methyl sites for hydroxylation is 1. The number of nitrogens with zero attached hydrogens (tertiary/aromatic N) is 2. The number of esters is 1. The van der Waals surface area contributed by atoms with Crippen molar-refractivity contribution in [2.45, 2.75) is 45.6 Å². The number of anilines is 1. The smallest absolute Gasteiger partial charge is 0.338 e. The van der Waals surface area contributed by atoms with Crippen LogP contribution in [0.1, 0.15) is 47.4 Å². The van der Waals surface area contributed by atoms with Gasteiger partial charge in [0.2, 0.25) is 0 Å². The molecule has 2 aromatic carbocycles. The summed E-state index contributed by atoms with van der Waals surface area (Å²) in [7, 11) is 0. The van der Waals surface area contributed by atoms with E-state index in [0.717, 1.165) is 43.5 Å². The molecule has 1 N–H and O–H groups in total. The molecule has 8 heteroatoms. The van der Waals surface area contributed by atoms with Crippen LogP contribution in [-0.2, 0) is 22.5 Å². The Hall–Kier alpha value is -3.19. The van der Waals surface area contributed by atoms with Gasteiger partial charge in [-0.3, -0.25) is 14.2 Å². The third-order valence-electron chi connectivity index (χ3n) is 5.68. The van der Waals surface area contributed by atoms with Crippen molar-refractivity contribution < 1.29 is 14.3 Å². The first-order valence-electron chi connectivity index (χ1n) is 10.7. The Kier molecular flexibility index (Phi) is 6.55. The molecular weight excluding hydrogens is 430 g/mol. The molecule has 0 atom stereocenters. The fraction of sp³-hybridized carbons (Fsp3) is 0.333. The molecule has 0 unspecified atom stereocenters. The van der Waals surface area contributed by atoms with E-state index < -0.39 is 18.5 Å². The molecule has 4 rings (SSSR count). The van der Waals surface area contributed by atoms with E-state index in [1.807, 2.05) is 0 Å². The molecule has 0 aliphatic carbocycles. The zero-order valence-corrected chi connectivity index (χ0v) is 18.6. The van der Waals surface area contributed by atoms with Crippen molar-refractivity contribution in [1.29, 1.82) is 0 Å². The van der Waals surface area contributed by atoms with Crippen molar-refractivity contribution in [2.75, 3.05) is 11.9 Å². The van der Waals surface area contributed by atoms with Gasteiger partial charge in [0, 0.05) is 23.7 Å². The van der Waals surface area contributed by atoms with E-state index in [9.17, 15) is 14.4 Å². The Morgan fingerprint density at radius 2 is 1.97 bits per heavy atom. The molecule has 1 amide bonds. The molecule has 0 fully saturated rings. The number of amides is 1. The number of aromatic nitrogens is 2. The number of carbonyl (C=O) groups is 2. The molecule has 0 bridgehead atoms. The quantitative estimate of drug-likeness (QED) is 0.596. The van der Waals surface area contributed by atoms with Crippen molar-refractivity contribution in [3.63, 3.8) is 0 Å². The van der Waals surface area contributed by atoms with Crippen molar-refractivity contribution in [2.24, 2.45) is 0 Å². The third kappa shape index (κ3) is 4.67. The van der Waals surface area contributed by atoms with Crippen molar-refractivity contribution in [3.05, 3.63) is 68.7 Å². The molecular formula is C24H24ClN3O4. The minimum absolute atomic E-state index is 0.0805. The third-order valence-corrected chi connectivity index (χ3v) is 6.09. The maximum atomic E-state index is 12.9. The largest absolute Gasteiger partial charge is 0.452 e. The van der Waals surface area contributed by atoms with E-state index >= 15 is 0 Å². The second kappa shape index (κ2) is 9.53. The molecule has 0 radical (unpaired) electrons. The molecule has 0 spiro atoms. The molecule has 3 aromatic rings. The van der Waals surface area contributed by atoms with Crippen LogP contribution in [-0.4, -0.2) is 28.0 Å². The Bertz CT molecular complexity index is 1250. The predicted molar refractivity (Wildman–Crippen MR) is 123 cm³/mol. The summed E-state index contributed by atoms with van der Waals surface area (Å²) in [5.74, 6) is -0.371. The van der Waals surface area contributed by atoms with Crippen LogP contribution >= 0.6 is 11.6 Å². The Balaban J connectivity index is 1.48. The van der Waals surface area contributed by atoms with Crippen LogP contribution in [0.3, 0.4) is 0 Å². The summed E-state index contributed by atoms with van der Waals surface area (Å²) in [5, 5.41) is 3.69. The van der Waals surface area contributed by atoms with Crippen molar-refractivity contribution in [3.8, 4) is 0 Å². The number of halogens is 1. The minimum Gasteiger partial charge on any atom is -0.452 e. The number of ether oxygens (including phenoxy) is 1. The SMILES string of the molecule is Cc1c(Cl)cccc1NC(=O)COC(=O)c1ccc2c(=O)n3c(nc2c1)CCCCCC3. The number of carbonyl (C=O) groups excluding carboxylic acids is 2. The zero-order valence-electron chi connectivity index (χ0n) is 17.8. The van der Waals surface area contributed by atoms with E-state index in [1.54, 1.807) is 41.8 Å². The maximum absolute atomic E-state index is 12.9. The van der Waals surface area contributed by atoms with Crippen molar-refractivity contribution in [1.82, 2.24) is 9.55 Å². The first kappa shape index (κ1) is 22.0. The maximum Gasteiger partial charge on any atom is 0.338 e. The van der Waals surface area contributed by atoms with Crippen LogP contribution in [0, 0.1) is 6.92 Å². The van der Waals surface area contributed by atoms with E-state index in [4.69, 9.17) is 16.3 Å². The summed E-state index contributed by atoms with van der Waals surface area (Å²) < 4.78 is 6.92. The fourth-order valence-corrected chi connectivity index (χ4v) is 4.04. The lowest BCUT2D eigenvalue weighted by Crippen LogP contribution is -2.26. The molecule has 1 aromatic heterocycles. The number of rotatable bonds is 4. The highest BCUT2D eigenvalue weighted by Gasteiger charge is 2.16. The average molecular weight is 454 g/mol. The van der Waals surface area contributed by atoms with Gasteiger partial charge in [0.1, 0.15) is 5.82 Å². The summed E-state index contributed by atoms with van der Waals surface area (Å²) in [4.78, 5) is 42.3. The Morgan fingerprint density at radius 3 is 2.81 bits per heavy atom. The summed E-state index contributed by atoms with van der Waals surface area (Å²) in [6.07, 6.45) is 4.92. The first-order chi connectivity index (χ1) is 15.4.